The van der Waals surface area contributed by atoms with Gasteiger partial charge in [0.15, 0.2) is 0 Å². The Kier molecular flexibility index (Phi) is 7.51. The molecule has 0 spiro atoms. The molecule has 6 heteroatoms. The molecule has 1 heterocycles. The Labute approximate surface area is 205 Å². The fourth-order valence-electron chi connectivity index (χ4n) is 4.20. The maximum absolute atomic E-state index is 13.3. The van der Waals surface area contributed by atoms with Crippen LogP contribution in [0, 0.1) is 0 Å². The molecular weight excluding hydrogens is 442 g/mol. The number of benzene rings is 3. The number of ketones is 1. The van der Waals surface area contributed by atoms with Gasteiger partial charge in [-0.2, -0.15) is 0 Å². The summed E-state index contributed by atoms with van der Waals surface area (Å²) >= 11 is 0. The minimum atomic E-state index is -0.757. The van der Waals surface area contributed by atoms with Gasteiger partial charge in [0.1, 0.15) is 17.3 Å². The molecule has 1 saturated heterocycles. The van der Waals surface area contributed by atoms with Crippen molar-refractivity contribution < 1.29 is 24.2 Å². The molecule has 1 amide bonds. The van der Waals surface area contributed by atoms with Gasteiger partial charge < -0.3 is 19.5 Å². The summed E-state index contributed by atoms with van der Waals surface area (Å²) in [5.74, 6) is -0.267. The van der Waals surface area contributed by atoms with Crippen LogP contribution in [0.1, 0.15) is 43.0 Å². The molecule has 0 aromatic heterocycles. The Morgan fingerprint density at radius 2 is 1.63 bits per heavy atom. The van der Waals surface area contributed by atoms with Gasteiger partial charge in [-0.05, 0) is 60.9 Å². The van der Waals surface area contributed by atoms with Crippen molar-refractivity contribution >= 4 is 17.4 Å². The zero-order valence-corrected chi connectivity index (χ0v) is 19.9. The topological polar surface area (TPSA) is 76.1 Å². The Morgan fingerprint density at radius 3 is 2.31 bits per heavy atom. The third-order valence-corrected chi connectivity index (χ3v) is 5.82. The van der Waals surface area contributed by atoms with Gasteiger partial charge in [0.25, 0.3) is 11.7 Å². The molecule has 180 valence electrons. The predicted molar refractivity (Wildman–Crippen MR) is 134 cm³/mol. The number of carbonyl (C=O) groups excluding carboxylic acids is 2. The lowest BCUT2D eigenvalue weighted by atomic mass is 9.95. The summed E-state index contributed by atoms with van der Waals surface area (Å²) in [5.41, 5.74) is 2.08. The van der Waals surface area contributed by atoms with Gasteiger partial charge in [-0.15, -0.1) is 0 Å². The van der Waals surface area contributed by atoms with Crippen molar-refractivity contribution in [1.82, 2.24) is 4.90 Å². The average Bonchev–Trinajstić information content (AvgIpc) is 3.13. The van der Waals surface area contributed by atoms with Crippen LogP contribution in [0.3, 0.4) is 0 Å². The maximum atomic E-state index is 13.3. The largest absolute Gasteiger partial charge is 0.507 e. The summed E-state index contributed by atoms with van der Waals surface area (Å²) in [6.07, 6.45) is 0.856. The van der Waals surface area contributed by atoms with E-state index in [1.54, 1.807) is 24.3 Å². The van der Waals surface area contributed by atoms with Gasteiger partial charge in [0.05, 0.1) is 24.8 Å². The Bertz CT molecular complexity index is 1220. The molecule has 0 radical (unpaired) electrons. The van der Waals surface area contributed by atoms with Crippen molar-refractivity contribution in [2.24, 2.45) is 0 Å². The summed E-state index contributed by atoms with van der Waals surface area (Å²) in [4.78, 5) is 28.0. The molecule has 0 saturated carbocycles. The van der Waals surface area contributed by atoms with Gasteiger partial charge in [0, 0.05) is 12.1 Å². The molecule has 0 aliphatic carbocycles. The van der Waals surface area contributed by atoms with Crippen LogP contribution in [0.25, 0.3) is 5.76 Å². The van der Waals surface area contributed by atoms with Gasteiger partial charge in [-0.25, -0.2) is 0 Å². The van der Waals surface area contributed by atoms with Crippen LogP contribution in [0.2, 0.25) is 0 Å². The fourth-order valence-corrected chi connectivity index (χ4v) is 4.20. The fraction of sp³-hybridized carbons (Fsp3) is 0.241. The standard InChI is InChI=1S/C29H29NO5/c1-3-17-35-24-12-8-11-22(18-24)26-25(27(31)21-13-15-23(16-14-21)34-4-2)28(32)29(33)30(26)19-20-9-6-5-7-10-20/h5-16,18,26,31H,3-4,17,19H2,1-2H3/b27-25+. The van der Waals surface area contributed by atoms with E-state index in [9.17, 15) is 14.7 Å². The quantitative estimate of drug-likeness (QED) is 0.254. The predicted octanol–water partition coefficient (Wildman–Crippen LogP) is 5.50. The number of likely N-dealkylation sites (tertiary alicyclic amines) is 1. The molecule has 1 fully saturated rings. The molecule has 35 heavy (non-hydrogen) atoms. The summed E-state index contributed by atoms with van der Waals surface area (Å²) < 4.78 is 11.3. The van der Waals surface area contributed by atoms with Crippen molar-refractivity contribution in [3.63, 3.8) is 0 Å². The van der Waals surface area contributed by atoms with Crippen LogP contribution in [0.4, 0.5) is 0 Å². The first-order valence-electron chi connectivity index (χ1n) is 11.8. The number of hydrogen-bond donors (Lipinski definition) is 1. The zero-order chi connectivity index (χ0) is 24.8. The van der Waals surface area contributed by atoms with Crippen molar-refractivity contribution in [2.45, 2.75) is 32.9 Å². The second kappa shape index (κ2) is 10.9. The summed E-state index contributed by atoms with van der Waals surface area (Å²) in [5, 5.41) is 11.3. The number of rotatable bonds is 9. The van der Waals surface area contributed by atoms with Gasteiger partial charge >= 0.3 is 0 Å². The van der Waals surface area contributed by atoms with E-state index in [1.165, 1.54) is 4.90 Å². The van der Waals surface area contributed by atoms with E-state index in [2.05, 4.69) is 0 Å². The smallest absolute Gasteiger partial charge is 0.295 e. The van der Waals surface area contributed by atoms with E-state index >= 15 is 0 Å². The van der Waals surface area contributed by atoms with E-state index in [0.717, 1.165) is 12.0 Å². The van der Waals surface area contributed by atoms with E-state index in [1.807, 2.05) is 68.4 Å². The molecule has 1 N–H and O–H groups in total. The highest BCUT2D eigenvalue weighted by molar-refractivity contribution is 6.46. The van der Waals surface area contributed by atoms with Crippen molar-refractivity contribution in [2.75, 3.05) is 13.2 Å². The van der Waals surface area contributed by atoms with Crippen molar-refractivity contribution in [1.29, 1.82) is 0 Å². The van der Waals surface area contributed by atoms with Gasteiger partial charge in [-0.3, -0.25) is 9.59 Å². The van der Waals surface area contributed by atoms with Crippen LogP contribution < -0.4 is 9.47 Å². The van der Waals surface area contributed by atoms with E-state index in [4.69, 9.17) is 9.47 Å². The first-order valence-corrected chi connectivity index (χ1v) is 11.8. The molecule has 1 aliphatic rings. The molecule has 1 atom stereocenters. The molecule has 6 nitrogen and oxygen atoms in total. The first kappa shape index (κ1) is 24.1. The number of ether oxygens (including phenoxy) is 2. The Morgan fingerprint density at radius 1 is 0.886 bits per heavy atom. The molecule has 0 bridgehead atoms. The second-order valence-electron chi connectivity index (χ2n) is 8.29. The minimum absolute atomic E-state index is 0.0581. The minimum Gasteiger partial charge on any atom is -0.507 e. The number of amides is 1. The third-order valence-electron chi connectivity index (χ3n) is 5.82. The van der Waals surface area contributed by atoms with E-state index < -0.39 is 17.7 Å². The monoisotopic (exact) mass is 471 g/mol. The summed E-state index contributed by atoms with van der Waals surface area (Å²) in [7, 11) is 0. The lowest BCUT2D eigenvalue weighted by molar-refractivity contribution is -0.140. The van der Waals surface area contributed by atoms with Crippen LogP contribution in [-0.4, -0.2) is 34.9 Å². The summed E-state index contributed by atoms with van der Waals surface area (Å²) in [6.45, 7) is 5.22. The van der Waals surface area contributed by atoms with E-state index in [0.29, 0.717) is 35.8 Å². The number of nitrogens with zero attached hydrogens (tertiary/aromatic N) is 1. The third kappa shape index (κ3) is 5.22. The number of aliphatic hydroxyl groups excluding tert-OH is 1. The second-order valence-corrected chi connectivity index (χ2v) is 8.29. The first-order chi connectivity index (χ1) is 17.0. The van der Waals surface area contributed by atoms with Crippen molar-refractivity contribution in [3.05, 3.63) is 101 Å². The van der Waals surface area contributed by atoms with Crippen LogP contribution in [0.15, 0.2) is 84.4 Å². The molecule has 4 rings (SSSR count). The average molecular weight is 472 g/mol. The number of Topliss-reactive ketones (excluding diaryl/α,β-unsaturated/α-hetero) is 1. The number of hydrogen-bond acceptors (Lipinski definition) is 5. The molecule has 3 aromatic carbocycles. The number of aliphatic hydroxyl groups is 1. The molecular formula is C29H29NO5. The highest BCUT2D eigenvalue weighted by Crippen LogP contribution is 2.41. The summed E-state index contributed by atoms with van der Waals surface area (Å²) in [6, 6.07) is 22.9. The van der Waals surface area contributed by atoms with Crippen LogP contribution >= 0.6 is 0 Å². The van der Waals surface area contributed by atoms with E-state index in [-0.39, 0.29) is 17.9 Å². The highest BCUT2D eigenvalue weighted by Gasteiger charge is 2.46. The van der Waals surface area contributed by atoms with Gasteiger partial charge in [-0.1, -0.05) is 49.4 Å². The normalized spacial score (nSPS) is 17.0. The lowest BCUT2D eigenvalue weighted by Crippen LogP contribution is -2.29. The Hall–Kier alpha value is -4.06. The van der Waals surface area contributed by atoms with Gasteiger partial charge in [0.2, 0.25) is 0 Å². The molecule has 3 aromatic rings. The van der Waals surface area contributed by atoms with Crippen LogP contribution in [-0.2, 0) is 16.1 Å². The molecule has 1 aliphatic heterocycles. The zero-order valence-electron chi connectivity index (χ0n) is 19.9. The SMILES string of the molecule is CCCOc1cccc(C2/C(=C(\O)c3ccc(OCC)cc3)C(=O)C(=O)N2Cc2ccccc2)c1. The Balaban J connectivity index is 1.81. The van der Waals surface area contributed by atoms with Crippen molar-refractivity contribution in [3.8, 4) is 11.5 Å². The lowest BCUT2D eigenvalue weighted by Gasteiger charge is -2.26. The van der Waals surface area contributed by atoms with Crippen LogP contribution in [0.5, 0.6) is 11.5 Å². The molecule has 1 unspecified atom stereocenters. The highest BCUT2D eigenvalue weighted by atomic mass is 16.5. The maximum Gasteiger partial charge on any atom is 0.295 e. The number of carbonyl (C=O) groups is 2.